The van der Waals surface area contributed by atoms with Crippen LogP contribution in [0.25, 0.3) is 0 Å². The molecule has 5 heteroatoms. The molecule has 0 bridgehead atoms. The van der Waals surface area contributed by atoms with Crippen molar-refractivity contribution in [3.05, 3.63) is 59.2 Å². The molecule has 2 rings (SSSR count). The van der Waals surface area contributed by atoms with Crippen LogP contribution in [0.2, 0.25) is 0 Å². The summed E-state index contributed by atoms with van der Waals surface area (Å²) in [7, 11) is 0. The number of hydrogen-bond donors (Lipinski definition) is 1. The van der Waals surface area contributed by atoms with Gasteiger partial charge < -0.3 is 10.2 Å². The third-order valence-corrected chi connectivity index (χ3v) is 4.38. The molecule has 27 heavy (non-hydrogen) atoms. The van der Waals surface area contributed by atoms with Crippen molar-refractivity contribution in [3.63, 3.8) is 0 Å². The van der Waals surface area contributed by atoms with Crippen LogP contribution in [0.5, 0.6) is 0 Å². The standard InChI is InChI=1S/C22H25N3O2/c1-15(2)20-10-5-7-16(3)22(20)25(17(4)26)12-11-21(27)24-19-9-6-8-18(13-19)14-23/h5-10,13,15H,11-12H2,1-4H3,(H,24,27). The Kier molecular flexibility index (Phi) is 6.73. The first kappa shape index (κ1) is 20.2. The summed E-state index contributed by atoms with van der Waals surface area (Å²) >= 11 is 0. The molecular formula is C22H25N3O2. The Bertz CT molecular complexity index is 881. The van der Waals surface area contributed by atoms with Crippen LogP contribution in [-0.4, -0.2) is 18.4 Å². The van der Waals surface area contributed by atoms with Crippen molar-refractivity contribution in [2.24, 2.45) is 0 Å². The number of carbonyl (C=O) groups is 2. The lowest BCUT2D eigenvalue weighted by Gasteiger charge is -2.27. The molecule has 0 radical (unpaired) electrons. The normalized spacial score (nSPS) is 10.4. The molecule has 2 aromatic rings. The molecule has 0 saturated heterocycles. The van der Waals surface area contributed by atoms with E-state index in [2.05, 4.69) is 19.2 Å². The van der Waals surface area contributed by atoms with Gasteiger partial charge in [-0.3, -0.25) is 9.59 Å². The molecule has 0 saturated carbocycles. The summed E-state index contributed by atoms with van der Waals surface area (Å²) in [6.45, 7) is 7.97. The van der Waals surface area contributed by atoms with E-state index in [-0.39, 0.29) is 24.2 Å². The number of anilines is 2. The van der Waals surface area contributed by atoms with E-state index in [1.165, 1.54) is 6.92 Å². The van der Waals surface area contributed by atoms with Crippen LogP contribution in [0.15, 0.2) is 42.5 Å². The maximum atomic E-state index is 12.3. The number of carbonyl (C=O) groups excluding carboxylic acids is 2. The Morgan fingerprint density at radius 1 is 1.19 bits per heavy atom. The van der Waals surface area contributed by atoms with Gasteiger partial charge in [-0.2, -0.15) is 5.26 Å². The van der Waals surface area contributed by atoms with Gasteiger partial charge in [0.1, 0.15) is 0 Å². The smallest absolute Gasteiger partial charge is 0.226 e. The maximum Gasteiger partial charge on any atom is 0.226 e. The van der Waals surface area contributed by atoms with Gasteiger partial charge in [0, 0.05) is 31.3 Å². The molecule has 0 aliphatic heterocycles. The van der Waals surface area contributed by atoms with E-state index in [1.54, 1.807) is 29.2 Å². The number of para-hydroxylation sites is 1. The fraction of sp³-hybridized carbons (Fsp3) is 0.318. The number of rotatable bonds is 6. The van der Waals surface area contributed by atoms with Crippen molar-refractivity contribution in [3.8, 4) is 6.07 Å². The predicted octanol–water partition coefficient (Wildman–Crippen LogP) is 4.37. The number of amides is 2. The highest BCUT2D eigenvalue weighted by Gasteiger charge is 2.20. The van der Waals surface area contributed by atoms with Gasteiger partial charge in [0.15, 0.2) is 0 Å². The van der Waals surface area contributed by atoms with E-state index in [9.17, 15) is 9.59 Å². The highest BCUT2D eigenvalue weighted by Crippen LogP contribution is 2.31. The zero-order chi connectivity index (χ0) is 20.0. The van der Waals surface area contributed by atoms with E-state index >= 15 is 0 Å². The number of benzene rings is 2. The van der Waals surface area contributed by atoms with Gasteiger partial charge in [-0.25, -0.2) is 0 Å². The average molecular weight is 363 g/mol. The Morgan fingerprint density at radius 3 is 2.52 bits per heavy atom. The van der Waals surface area contributed by atoms with Crippen LogP contribution in [-0.2, 0) is 9.59 Å². The number of nitrogens with one attached hydrogen (secondary N) is 1. The lowest BCUT2D eigenvalue weighted by Crippen LogP contribution is -2.33. The second kappa shape index (κ2) is 9.00. The van der Waals surface area contributed by atoms with E-state index in [0.717, 1.165) is 16.8 Å². The second-order valence-electron chi connectivity index (χ2n) is 6.83. The van der Waals surface area contributed by atoms with Crippen molar-refractivity contribution in [2.45, 2.75) is 40.0 Å². The maximum absolute atomic E-state index is 12.3. The number of aryl methyl sites for hydroxylation is 1. The molecule has 2 amide bonds. The van der Waals surface area contributed by atoms with Crippen LogP contribution in [0, 0.1) is 18.3 Å². The molecule has 0 aromatic heterocycles. The third kappa shape index (κ3) is 5.18. The molecule has 0 unspecified atom stereocenters. The first-order chi connectivity index (χ1) is 12.8. The molecule has 2 aromatic carbocycles. The van der Waals surface area contributed by atoms with E-state index in [0.29, 0.717) is 17.8 Å². The minimum absolute atomic E-state index is 0.0922. The molecule has 0 atom stereocenters. The van der Waals surface area contributed by atoms with E-state index in [1.807, 2.05) is 31.2 Å². The zero-order valence-electron chi connectivity index (χ0n) is 16.2. The summed E-state index contributed by atoms with van der Waals surface area (Å²) in [6.07, 6.45) is 0.169. The van der Waals surface area contributed by atoms with Crippen molar-refractivity contribution in [2.75, 3.05) is 16.8 Å². The Labute approximate surface area is 160 Å². The Hall–Kier alpha value is -3.13. The lowest BCUT2D eigenvalue weighted by molar-refractivity contribution is -0.117. The van der Waals surface area contributed by atoms with Crippen LogP contribution in [0.4, 0.5) is 11.4 Å². The monoisotopic (exact) mass is 363 g/mol. The molecule has 140 valence electrons. The van der Waals surface area contributed by atoms with Crippen LogP contribution >= 0.6 is 0 Å². The molecule has 1 N–H and O–H groups in total. The Morgan fingerprint density at radius 2 is 1.89 bits per heavy atom. The van der Waals surface area contributed by atoms with Gasteiger partial charge in [0.05, 0.1) is 11.6 Å². The summed E-state index contributed by atoms with van der Waals surface area (Å²) in [5.74, 6) is -0.0224. The molecule has 5 nitrogen and oxygen atoms in total. The van der Waals surface area contributed by atoms with Gasteiger partial charge >= 0.3 is 0 Å². The van der Waals surface area contributed by atoms with Gasteiger partial charge in [-0.15, -0.1) is 0 Å². The highest BCUT2D eigenvalue weighted by molar-refractivity contribution is 5.96. The first-order valence-corrected chi connectivity index (χ1v) is 9.01. The van der Waals surface area contributed by atoms with Crippen LogP contribution in [0.1, 0.15) is 49.8 Å². The lowest BCUT2D eigenvalue weighted by atomic mass is 9.97. The van der Waals surface area contributed by atoms with Crippen molar-refractivity contribution < 1.29 is 9.59 Å². The minimum Gasteiger partial charge on any atom is -0.326 e. The van der Waals surface area contributed by atoms with Crippen LogP contribution in [0.3, 0.4) is 0 Å². The predicted molar refractivity (Wildman–Crippen MR) is 108 cm³/mol. The van der Waals surface area contributed by atoms with Crippen molar-refractivity contribution in [1.82, 2.24) is 0 Å². The highest BCUT2D eigenvalue weighted by atomic mass is 16.2. The summed E-state index contributed by atoms with van der Waals surface area (Å²) in [4.78, 5) is 26.3. The summed E-state index contributed by atoms with van der Waals surface area (Å²) in [6, 6.07) is 14.8. The summed E-state index contributed by atoms with van der Waals surface area (Å²) in [5, 5.41) is 11.7. The van der Waals surface area contributed by atoms with Gasteiger partial charge in [0.2, 0.25) is 11.8 Å². The Balaban J connectivity index is 2.15. The summed E-state index contributed by atoms with van der Waals surface area (Å²) in [5.41, 5.74) is 4.05. The molecule has 0 heterocycles. The SMILES string of the molecule is CC(=O)N(CCC(=O)Nc1cccc(C#N)c1)c1c(C)cccc1C(C)C. The molecule has 0 fully saturated rings. The molecular weight excluding hydrogens is 338 g/mol. The number of nitriles is 1. The van der Waals surface area contributed by atoms with Crippen molar-refractivity contribution in [1.29, 1.82) is 5.26 Å². The molecule has 0 spiro atoms. The molecule has 0 aliphatic rings. The fourth-order valence-corrected chi connectivity index (χ4v) is 3.05. The van der Waals surface area contributed by atoms with Crippen LogP contribution < -0.4 is 10.2 Å². The quantitative estimate of drug-likeness (QED) is 0.828. The average Bonchev–Trinajstić information content (AvgIpc) is 2.62. The zero-order valence-corrected chi connectivity index (χ0v) is 16.2. The fourth-order valence-electron chi connectivity index (χ4n) is 3.05. The van der Waals surface area contributed by atoms with E-state index in [4.69, 9.17) is 5.26 Å². The minimum atomic E-state index is -0.198. The van der Waals surface area contributed by atoms with Gasteiger partial charge in [0.25, 0.3) is 0 Å². The molecule has 0 aliphatic carbocycles. The first-order valence-electron chi connectivity index (χ1n) is 9.01. The van der Waals surface area contributed by atoms with Crippen molar-refractivity contribution >= 4 is 23.2 Å². The topological polar surface area (TPSA) is 73.2 Å². The largest absolute Gasteiger partial charge is 0.326 e. The summed E-state index contributed by atoms with van der Waals surface area (Å²) < 4.78 is 0. The van der Waals surface area contributed by atoms with Gasteiger partial charge in [-0.05, 0) is 42.2 Å². The van der Waals surface area contributed by atoms with Gasteiger partial charge in [-0.1, -0.05) is 38.1 Å². The third-order valence-electron chi connectivity index (χ3n) is 4.38. The number of hydrogen-bond acceptors (Lipinski definition) is 3. The van der Waals surface area contributed by atoms with E-state index < -0.39 is 0 Å². The number of nitrogens with zero attached hydrogens (tertiary/aromatic N) is 2. The second-order valence-corrected chi connectivity index (χ2v) is 6.83.